The number of fused-ring (bicyclic) bond motifs is 3. The number of methoxy groups -OCH3 is 1. The molecule has 0 saturated carbocycles. The van der Waals surface area contributed by atoms with Gasteiger partial charge in [0.25, 0.3) is 0 Å². The molecule has 3 aromatic carbocycles. The van der Waals surface area contributed by atoms with Gasteiger partial charge < -0.3 is 30.2 Å². The third kappa shape index (κ3) is 8.96. The molecule has 248 valence electrons. The lowest BCUT2D eigenvalue weighted by Gasteiger charge is -2.22. The zero-order valence-corrected chi connectivity index (χ0v) is 27.4. The van der Waals surface area contributed by atoms with Crippen LogP contribution in [0.5, 0.6) is 0 Å². The topological polar surface area (TPSA) is 149 Å². The van der Waals surface area contributed by atoms with Crippen LogP contribution in [0, 0.1) is 0 Å². The molecule has 0 fully saturated rings. The molecule has 1 aliphatic rings. The molecule has 4 rings (SSSR count). The minimum atomic E-state index is -1.06. The van der Waals surface area contributed by atoms with E-state index < -0.39 is 53.6 Å². The highest BCUT2D eigenvalue weighted by Crippen LogP contribution is 2.44. The Hall–Kier alpha value is -5.19. The number of carbonyl (C=O) groups excluding carboxylic acids is 5. The Morgan fingerprint density at radius 3 is 1.83 bits per heavy atom. The molecule has 0 heterocycles. The molecular weight excluding hydrogens is 602 g/mol. The summed E-state index contributed by atoms with van der Waals surface area (Å²) in [6, 6.07) is 19.3. The molecule has 3 N–H and O–H groups in total. The van der Waals surface area contributed by atoms with E-state index in [4.69, 9.17) is 14.2 Å². The number of rotatable bonds is 11. The summed E-state index contributed by atoms with van der Waals surface area (Å²) in [7, 11) is 1.20. The number of alkyl carbamates (subject to hydrolysis) is 1. The van der Waals surface area contributed by atoms with Gasteiger partial charge in [0.05, 0.1) is 12.7 Å². The first-order valence-corrected chi connectivity index (χ1v) is 15.4. The second-order valence-corrected chi connectivity index (χ2v) is 12.4. The van der Waals surface area contributed by atoms with Gasteiger partial charge in [0.2, 0.25) is 11.8 Å². The van der Waals surface area contributed by atoms with Crippen molar-refractivity contribution in [2.24, 2.45) is 0 Å². The normalized spacial score (nSPS) is 14.0. The molecule has 11 heteroatoms. The van der Waals surface area contributed by atoms with Crippen LogP contribution in [0.1, 0.15) is 67.6 Å². The Bertz CT molecular complexity index is 1580. The summed E-state index contributed by atoms with van der Waals surface area (Å²) in [5, 5.41) is 7.66. The fourth-order valence-electron chi connectivity index (χ4n) is 5.27. The number of amides is 3. The summed E-state index contributed by atoms with van der Waals surface area (Å²) in [5.41, 5.74) is 4.69. The molecule has 0 spiro atoms. The van der Waals surface area contributed by atoms with Gasteiger partial charge in [-0.15, -0.1) is 0 Å². The molecule has 47 heavy (non-hydrogen) atoms. The second kappa shape index (κ2) is 14.9. The van der Waals surface area contributed by atoms with Crippen molar-refractivity contribution in [1.29, 1.82) is 0 Å². The number of esters is 2. The van der Waals surface area contributed by atoms with E-state index in [2.05, 4.69) is 16.0 Å². The molecule has 0 aliphatic heterocycles. The number of hydrogen-bond acceptors (Lipinski definition) is 8. The molecule has 3 aromatic rings. The quantitative estimate of drug-likeness (QED) is 0.207. The summed E-state index contributed by atoms with van der Waals surface area (Å²) < 4.78 is 15.8. The summed E-state index contributed by atoms with van der Waals surface area (Å²) in [4.78, 5) is 63.2. The lowest BCUT2D eigenvalue weighted by atomic mass is 9.98. The van der Waals surface area contributed by atoms with Gasteiger partial charge in [-0.05, 0) is 74.6 Å². The predicted molar refractivity (Wildman–Crippen MR) is 175 cm³/mol. The second-order valence-electron chi connectivity index (χ2n) is 12.4. The van der Waals surface area contributed by atoms with Crippen LogP contribution >= 0.6 is 0 Å². The minimum absolute atomic E-state index is 0.0768. The third-order valence-corrected chi connectivity index (χ3v) is 7.65. The van der Waals surface area contributed by atoms with Crippen LogP contribution in [-0.4, -0.2) is 67.3 Å². The highest BCUT2D eigenvalue weighted by Gasteiger charge is 2.30. The van der Waals surface area contributed by atoms with Crippen molar-refractivity contribution in [2.45, 2.75) is 70.7 Å². The van der Waals surface area contributed by atoms with E-state index >= 15 is 0 Å². The predicted octanol–water partition coefficient (Wildman–Crippen LogP) is 4.27. The number of benzene rings is 3. The van der Waals surface area contributed by atoms with Crippen LogP contribution in [-0.2, 0) is 35.0 Å². The van der Waals surface area contributed by atoms with E-state index in [1.807, 2.05) is 48.5 Å². The maximum Gasteiger partial charge on any atom is 0.407 e. The molecule has 3 unspecified atom stereocenters. The molecular formula is C36H41N3O8. The molecule has 0 saturated heterocycles. The van der Waals surface area contributed by atoms with Crippen LogP contribution in [0.15, 0.2) is 72.8 Å². The van der Waals surface area contributed by atoms with Gasteiger partial charge >= 0.3 is 18.0 Å². The number of nitrogens with one attached hydrogen (secondary N) is 3. The standard InChI is InChI=1S/C36H41N3O8/c1-21(32(41)39-30(34(43)45-6)19-23-15-17-24(18-16-23)33(42)47-36(3,4)5)37-31(40)22(2)38-35(44)46-20-29-27-13-9-7-11-25(27)26-12-8-10-14-28(26)29/h7-18,21-22,29-30H,19-20H2,1-6H3,(H,37,40)(H,38,44)(H,39,41). The van der Waals surface area contributed by atoms with E-state index in [-0.39, 0.29) is 18.9 Å². The van der Waals surface area contributed by atoms with E-state index in [1.165, 1.54) is 21.0 Å². The van der Waals surface area contributed by atoms with Crippen LogP contribution in [0.2, 0.25) is 0 Å². The van der Waals surface area contributed by atoms with Crippen molar-refractivity contribution in [1.82, 2.24) is 16.0 Å². The molecule has 1 aliphatic carbocycles. The van der Waals surface area contributed by atoms with Crippen molar-refractivity contribution < 1.29 is 38.2 Å². The van der Waals surface area contributed by atoms with Gasteiger partial charge in [-0.25, -0.2) is 14.4 Å². The highest BCUT2D eigenvalue weighted by molar-refractivity contribution is 5.93. The Kier molecular flexibility index (Phi) is 11.0. The Labute approximate surface area is 274 Å². The largest absolute Gasteiger partial charge is 0.467 e. The van der Waals surface area contributed by atoms with E-state index in [9.17, 15) is 24.0 Å². The summed E-state index contributed by atoms with van der Waals surface area (Å²) >= 11 is 0. The van der Waals surface area contributed by atoms with Crippen molar-refractivity contribution >= 4 is 29.8 Å². The van der Waals surface area contributed by atoms with Crippen molar-refractivity contribution in [3.63, 3.8) is 0 Å². The van der Waals surface area contributed by atoms with Crippen LogP contribution in [0.3, 0.4) is 0 Å². The average molecular weight is 644 g/mol. The molecule has 3 amide bonds. The monoisotopic (exact) mass is 643 g/mol. The third-order valence-electron chi connectivity index (χ3n) is 7.65. The first-order chi connectivity index (χ1) is 22.3. The van der Waals surface area contributed by atoms with Gasteiger partial charge in [0.15, 0.2) is 0 Å². The fraction of sp³-hybridized carbons (Fsp3) is 0.361. The first-order valence-electron chi connectivity index (χ1n) is 15.4. The molecule has 0 bridgehead atoms. The molecule has 0 radical (unpaired) electrons. The Morgan fingerprint density at radius 1 is 0.745 bits per heavy atom. The zero-order valence-electron chi connectivity index (χ0n) is 27.4. The summed E-state index contributed by atoms with van der Waals surface area (Å²) in [5.74, 6) is -2.54. The molecule has 11 nitrogen and oxygen atoms in total. The maximum absolute atomic E-state index is 13.0. The SMILES string of the molecule is COC(=O)C(Cc1ccc(C(=O)OC(C)(C)C)cc1)NC(=O)C(C)NC(=O)C(C)NC(=O)OCC1c2ccccc2-c2ccccc21. The van der Waals surface area contributed by atoms with Gasteiger partial charge in [-0.3, -0.25) is 9.59 Å². The van der Waals surface area contributed by atoms with E-state index in [0.29, 0.717) is 11.1 Å². The van der Waals surface area contributed by atoms with Gasteiger partial charge in [-0.2, -0.15) is 0 Å². The fourth-order valence-corrected chi connectivity index (χ4v) is 5.27. The number of carbonyl (C=O) groups is 5. The average Bonchev–Trinajstić information content (AvgIpc) is 3.35. The van der Waals surface area contributed by atoms with Crippen LogP contribution in [0.4, 0.5) is 4.79 Å². The zero-order chi connectivity index (χ0) is 34.3. The summed E-state index contributed by atoms with van der Waals surface area (Å²) in [6.45, 7) is 8.33. The number of ether oxygens (including phenoxy) is 3. The van der Waals surface area contributed by atoms with E-state index in [0.717, 1.165) is 22.3 Å². The smallest absolute Gasteiger partial charge is 0.407 e. The first kappa shape index (κ1) is 34.7. The van der Waals surface area contributed by atoms with Crippen molar-refractivity contribution in [2.75, 3.05) is 13.7 Å². The lowest BCUT2D eigenvalue weighted by Crippen LogP contribution is -2.54. The highest BCUT2D eigenvalue weighted by atomic mass is 16.6. The molecule has 3 atom stereocenters. The van der Waals surface area contributed by atoms with Gasteiger partial charge in [0, 0.05) is 12.3 Å². The molecule has 0 aromatic heterocycles. The Balaban J connectivity index is 1.28. The Morgan fingerprint density at radius 2 is 1.28 bits per heavy atom. The summed E-state index contributed by atoms with van der Waals surface area (Å²) in [6.07, 6.45) is -0.692. The number of hydrogen-bond donors (Lipinski definition) is 3. The van der Waals surface area contributed by atoms with Crippen molar-refractivity contribution in [3.8, 4) is 11.1 Å². The van der Waals surface area contributed by atoms with Crippen LogP contribution < -0.4 is 16.0 Å². The van der Waals surface area contributed by atoms with Gasteiger partial charge in [-0.1, -0.05) is 60.7 Å². The lowest BCUT2D eigenvalue weighted by molar-refractivity contribution is -0.145. The van der Waals surface area contributed by atoms with Gasteiger partial charge in [0.1, 0.15) is 30.3 Å². The van der Waals surface area contributed by atoms with Crippen LogP contribution in [0.25, 0.3) is 11.1 Å². The minimum Gasteiger partial charge on any atom is -0.467 e. The maximum atomic E-state index is 13.0. The van der Waals surface area contributed by atoms with Crippen molar-refractivity contribution in [3.05, 3.63) is 95.1 Å². The van der Waals surface area contributed by atoms with E-state index in [1.54, 1.807) is 45.0 Å².